The van der Waals surface area contributed by atoms with Crippen molar-refractivity contribution >= 4 is 39.4 Å². The third-order valence-electron chi connectivity index (χ3n) is 3.23. The first-order valence-electron chi connectivity index (χ1n) is 6.99. The van der Waals surface area contributed by atoms with Gasteiger partial charge in [0.15, 0.2) is 0 Å². The first-order valence-corrected chi connectivity index (χ1v) is 7.78. The molecule has 1 aromatic heterocycles. The lowest BCUT2D eigenvalue weighted by molar-refractivity contribution is -0.139. The predicted octanol–water partition coefficient (Wildman–Crippen LogP) is 1.94. The molecule has 2 rings (SSSR count). The van der Waals surface area contributed by atoms with Crippen LogP contribution in [-0.2, 0) is 16.6 Å². The van der Waals surface area contributed by atoms with E-state index in [-0.39, 0.29) is 12.5 Å². The topological polar surface area (TPSA) is 89.4 Å². The van der Waals surface area contributed by atoms with Crippen molar-refractivity contribution in [1.82, 2.24) is 9.88 Å². The third kappa shape index (κ3) is 4.45. The van der Waals surface area contributed by atoms with Crippen LogP contribution in [0.15, 0.2) is 41.0 Å². The van der Waals surface area contributed by atoms with E-state index in [1.54, 1.807) is 48.1 Å². The number of esters is 1. The van der Waals surface area contributed by atoms with Gasteiger partial charge in [0.1, 0.15) is 12.2 Å². The van der Waals surface area contributed by atoms with E-state index in [4.69, 9.17) is 0 Å². The molecule has 2 aromatic rings. The molecule has 1 heterocycles. The number of hydrogen-bond donors (Lipinski definition) is 2. The maximum atomic E-state index is 12.2. The Morgan fingerprint density at radius 1 is 1.17 bits per heavy atom. The highest BCUT2D eigenvalue weighted by atomic mass is 79.9. The highest BCUT2D eigenvalue weighted by Gasteiger charge is 2.12. The molecule has 0 saturated carbocycles. The van der Waals surface area contributed by atoms with Crippen LogP contribution >= 0.6 is 15.9 Å². The van der Waals surface area contributed by atoms with Gasteiger partial charge in [0.2, 0.25) is 0 Å². The van der Waals surface area contributed by atoms with Gasteiger partial charge >= 0.3 is 5.97 Å². The van der Waals surface area contributed by atoms with Gasteiger partial charge < -0.3 is 19.9 Å². The van der Waals surface area contributed by atoms with Crippen LogP contribution in [0.3, 0.4) is 0 Å². The highest BCUT2D eigenvalue weighted by molar-refractivity contribution is 9.10. The summed E-state index contributed by atoms with van der Waals surface area (Å²) in [5.74, 6) is -1.18. The average molecular weight is 394 g/mol. The van der Waals surface area contributed by atoms with Gasteiger partial charge in [0.05, 0.1) is 7.11 Å². The number of carbonyl (C=O) groups is 3. The SMILES string of the molecule is COC(=O)CNC(=O)c1ccc(NC(=O)c2cc(Br)cn2C)cc1. The highest BCUT2D eigenvalue weighted by Crippen LogP contribution is 2.16. The number of aryl methyl sites for hydroxylation is 1. The normalized spacial score (nSPS) is 10.1. The van der Waals surface area contributed by atoms with Crippen LogP contribution in [0.2, 0.25) is 0 Å². The number of benzene rings is 1. The lowest BCUT2D eigenvalue weighted by Gasteiger charge is -2.07. The Morgan fingerprint density at radius 2 is 1.83 bits per heavy atom. The molecule has 0 aliphatic heterocycles. The molecule has 0 unspecified atom stereocenters. The molecule has 0 aliphatic rings. The zero-order valence-electron chi connectivity index (χ0n) is 13.1. The van der Waals surface area contributed by atoms with E-state index >= 15 is 0 Å². The summed E-state index contributed by atoms with van der Waals surface area (Å²) < 4.78 is 6.96. The Hall–Kier alpha value is -2.61. The zero-order valence-corrected chi connectivity index (χ0v) is 14.7. The second kappa shape index (κ2) is 7.78. The monoisotopic (exact) mass is 393 g/mol. The Bertz CT molecular complexity index is 768. The van der Waals surface area contributed by atoms with E-state index in [2.05, 4.69) is 31.3 Å². The van der Waals surface area contributed by atoms with Crippen LogP contribution in [0, 0.1) is 0 Å². The number of methoxy groups -OCH3 is 1. The fraction of sp³-hybridized carbons (Fsp3) is 0.188. The number of ether oxygens (including phenoxy) is 1. The quantitative estimate of drug-likeness (QED) is 0.759. The molecular formula is C16H16BrN3O4. The maximum Gasteiger partial charge on any atom is 0.325 e. The van der Waals surface area contributed by atoms with Crippen molar-refractivity contribution in [2.24, 2.45) is 7.05 Å². The summed E-state index contributed by atoms with van der Waals surface area (Å²) in [4.78, 5) is 35.0. The van der Waals surface area contributed by atoms with Crippen molar-refractivity contribution < 1.29 is 19.1 Å². The number of carbonyl (C=O) groups excluding carboxylic acids is 3. The molecule has 0 aliphatic carbocycles. The van der Waals surface area contributed by atoms with Crippen molar-refractivity contribution in [1.29, 1.82) is 0 Å². The fourth-order valence-electron chi connectivity index (χ4n) is 1.98. The smallest absolute Gasteiger partial charge is 0.325 e. The predicted molar refractivity (Wildman–Crippen MR) is 91.9 cm³/mol. The van der Waals surface area contributed by atoms with Gasteiger partial charge in [-0.25, -0.2) is 0 Å². The molecular weight excluding hydrogens is 378 g/mol. The Balaban J connectivity index is 1.99. The van der Waals surface area contributed by atoms with Gasteiger partial charge in [-0.05, 0) is 46.3 Å². The maximum absolute atomic E-state index is 12.2. The van der Waals surface area contributed by atoms with E-state index in [9.17, 15) is 14.4 Å². The van der Waals surface area contributed by atoms with Crippen LogP contribution in [-0.4, -0.2) is 36.0 Å². The molecule has 0 atom stereocenters. The molecule has 0 fully saturated rings. The average Bonchev–Trinajstić information content (AvgIpc) is 2.91. The van der Waals surface area contributed by atoms with Crippen molar-refractivity contribution in [3.63, 3.8) is 0 Å². The van der Waals surface area contributed by atoms with E-state index in [0.29, 0.717) is 16.9 Å². The molecule has 2 N–H and O–H groups in total. The van der Waals surface area contributed by atoms with Gasteiger partial charge in [0, 0.05) is 29.0 Å². The van der Waals surface area contributed by atoms with Gasteiger partial charge in [0.25, 0.3) is 11.8 Å². The number of halogens is 1. The number of amides is 2. The largest absolute Gasteiger partial charge is 0.468 e. The van der Waals surface area contributed by atoms with E-state index in [0.717, 1.165) is 4.47 Å². The van der Waals surface area contributed by atoms with Crippen LogP contribution in [0.4, 0.5) is 5.69 Å². The van der Waals surface area contributed by atoms with Crippen molar-refractivity contribution in [3.8, 4) is 0 Å². The summed E-state index contributed by atoms with van der Waals surface area (Å²) in [6.45, 7) is -0.198. The number of aromatic nitrogens is 1. The Labute approximate surface area is 147 Å². The third-order valence-corrected chi connectivity index (χ3v) is 3.66. The number of rotatable bonds is 5. The van der Waals surface area contributed by atoms with Crippen molar-refractivity contribution in [2.45, 2.75) is 0 Å². The van der Waals surface area contributed by atoms with Crippen LogP contribution < -0.4 is 10.6 Å². The lowest BCUT2D eigenvalue weighted by atomic mass is 10.2. The van der Waals surface area contributed by atoms with Gasteiger partial charge in [-0.1, -0.05) is 0 Å². The summed E-state index contributed by atoms with van der Waals surface area (Å²) >= 11 is 3.31. The van der Waals surface area contributed by atoms with Crippen molar-refractivity contribution in [2.75, 3.05) is 19.0 Å². The fourth-order valence-corrected chi connectivity index (χ4v) is 2.50. The lowest BCUT2D eigenvalue weighted by Crippen LogP contribution is -2.30. The summed E-state index contributed by atoms with van der Waals surface area (Å²) in [5.41, 5.74) is 1.43. The minimum absolute atomic E-state index is 0.198. The van der Waals surface area contributed by atoms with Gasteiger partial charge in [-0.2, -0.15) is 0 Å². The molecule has 0 bridgehead atoms. The number of nitrogens with one attached hydrogen (secondary N) is 2. The molecule has 2 amide bonds. The molecule has 8 heteroatoms. The molecule has 126 valence electrons. The molecule has 0 spiro atoms. The number of anilines is 1. The summed E-state index contributed by atoms with van der Waals surface area (Å²) in [6, 6.07) is 8.06. The molecule has 7 nitrogen and oxygen atoms in total. The van der Waals surface area contributed by atoms with Crippen LogP contribution in [0.25, 0.3) is 0 Å². The van der Waals surface area contributed by atoms with E-state index < -0.39 is 11.9 Å². The Kier molecular flexibility index (Phi) is 5.75. The summed E-state index contributed by atoms with van der Waals surface area (Å²) in [5, 5.41) is 5.19. The second-order valence-corrected chi connectivity index (χ2v) is 5.86. The first kappa shape index (κ1) is 17.7. The summed E-state index contributed by atoms with van der Waals surface area (Å²) in [7, 11) is 3.02. The molecule has 0 saturated heterocycles. The molecule has 24 heavy (non-hydrogen) atoms. The van der Waals surface area contributed by atoms with E-state index in [1.807, 2.05) is 0 Å². The van der Waals surface area contributed by atoms with Gasteiger partial charge in [-0.3, -0.25) is 14.4 Å². The zero-order chi connectivity index (χ0) is 17.7. The Morgan fingerprint density at radius 3 is 2.38 bits per heavy atom. The minimum atomic E-state index is -0.527. The number of hydrogen-bond acceptors (Lipinski definition) is 4. The number of nitrogens with zero attached hydrogens (tertiary/aromatic N) is 1. The van der Waals surface area contributed by atoms with Gasteiger partial charge in [-0.15, -0.1) is 0 Å². The second-order valence-electron chi connectivity index (χ2n) is 4.94. The van der Waals surface area contributed by atoms with Crippen molar-refractivity contribution in [3.05, 3.63) is 52.3 Å². The summed E-state index contributed by atoms with van der Waals surface area (Å²) in [6.07, 6.45) is 1.78. The first-order chi connectivity index (χ1) is 11.4. The minimum Gasteiger partial charge on any atom is -0.468 e. The molecule has 1 aromatic carbocycles. The standard InChI is InChI=1S/C16H16BrN3O4/c1-20-9-11(17)7-13(20)16(23)19-12-5-3-10(4-6-12)15(22)18-8-14(21)24-2/h3-7,9H,8H2,1-2H3,(H,18,22)(H,19,23). The van der Waals surface area contributed by atoms with Crippen LogP contribution in [0.5, 0.6) is 0 Å². The van der Waals surface area contributed by atoms with E-state index in [1.165, 1.54) is 7.11 Å². The molecule has 0 radical (unpaired) electrons. The van der Waals surface area contributed by atoms with Crippen LogP contribution in [0.1, 0.15) is 20.8 Å².